The molecule has 0 radical (unpaired) electrons. The van der Waals surface area contributed by atoms with Crippen LogP contribution in [0.4, 0.5) is 5.69 Å². The predicted octanol–water partition coefficient (Wildman–Crippen LogP) is 2.03. The van der Waals surface area contributed by atoms with E-state index in [0.29, 0.717) is 9.75 Å². The lowest BCUT2D eigenvalue weighted by Gasteiger charge is -2.01. The zero-order valence-corrected chi connectivity index (χ0v) is 8.14. The summed E-state index contributed by atoms with van der Waals surface area (Å²) in [5, 5.41) is 22.6. The van der Waals surface area contributed by atoms with E-state index in [1.54, 1.807) is 0 Å². The fourth-order valence-corrected chi connectivity index (χ4v) is 1.55. The van der Waals surface area contributed by atoms with Gasteiger partial charge in [-0.1, -0.05) is 11.6 Å². The zero-order valence-electron chi connectivity index (χ0n) is 7.38. The third kappa shape index (κ3) is 1.57. The Balaban J connectivity index is 2.90. The van der Waals surface area contributed by atoms with E-state index in [9.17, 15) is 15.3 Å². The molecule has 0 bridgehead atoms. The number of hydrogen-bond donors (Lipinski definition) is 0. The average Bonchev–Trinajstić information content (AvgIpc) is 2.17. The van der Waals surface area contributed by atoms with Crippen molar-refractivity contribution in [3.63, 3.8) is 0 Å². The number of nitrogens with zero attached hydrogens (tertiary/aromatic N) is 2. The molecule has 76 valence electrons. The number of hydrogen-bond acceptors (Lipinski definition) is 3. The van der Waals surface area contributed by atoms with Gasteiger partial charge in [0.25, 0.3) is 5.69 Å². The van der Waals surface area contributed by atoms with Crippen LogP contribution in [0.3, 0.4) is 0 Å². The van der Waals surface area contributed by atoms with Crippen molar-refractivity contribution in [1.29, 1.82) is 0 Å². The van der Waals surface area contributed by atoms with Crippen molar-refractivity contribution >= 4 is 28.2 Å². The van der Waals surface area contributed by atoms with Crippen LogP contribution in [0.5, 0.6) is 0 Å². The number of aromatic nitrogens is 1. The fraction of sp³-hybridized carbons (Fsp3) is 0. The second-order valence-corrected chi connectivity index (χ2v) is 3.38. The Morgan fingerprint density at radius 3 is 2.73 bits per heavy atom. The number of nitro groups is 1. The maximum Gasteiger partial charge on any atom is 0.289 e. The Kier molecular flexibility index (Phi) is 2.17. The van der Waals surface area contributed by atoms with Gasteiger partial charge < -0.3 is 5.21 Å². The first-order valence-electron chi connectivity index (χ1n) is 4.05. The van der Waals surface area contributed by atoms with Crippen LogP contribution in [-0.2, 0) is 0 Å². The van der Waals surface area contributed by atoms with Crippen molar-refractivity contribution in [3.8, 4) is 0 Å². The van der Waals surface area contributed by atoms with E-state index in [2.05, 4.69) is 0 Å². The molecule has 0 saturated carbocycles. The summed E-state index contributed by atoms with van der Waals surface area (Å²) < 4.78 is 0.568. The molecule has 0 spiro atoms. The highest BCUT2D eigenvalue weighted by Crippen LogP contribution is 2.25. The van der Waals surface area contributed by atoms with Crippen molar-refractivity contribution in [2.75, 3.05) is 0 Å². The molecule has 0 amide bonds. The highest BCUT2D eigenvalue weighted by molar-refractivity contribution is 6.31. The second-order valence-electron chi connectivity index (χ2n) is 2.95. The first-order valence-corrected chi connectivity index (χ1v) is 4.43. The topological polar surface area (TPSA) is 70.1 Å². The van der Waals surface area contributed by atoms with Gasteiger partial charge in [-0.25, -0.2) is 0 Å². The summed E-state index contributed by atoms with van der Waals surface area (Å²) >= 11 is 5.71. The van der Waals surface area contributed by atoms with Crippen LogP contribution in [0.2, 0.25) is 5.02 Å². The Morgan fingerprint density at radius 2 is 2.07 bits per heavy atom. The van der Waals surface area contributed by atoms with Crippen LogP contribution >= 0.6 is 11.6 Å². The summed E-state index contributed by atoms with van der Waals surface area (Å²) in [6, 6.07) is 5.54. The van der Waals surface area contributed by atoms with Gasteiger partial charge in [-0.05, 0) is 12.1 Å². The zero-order chi connectivity index (χ0) is 11.0. The molecular formula is C9H5ClN2O3. The molecule has 0 aliphatic heterocycles. The Bertz CT molecular complexity index is 556. The van der Waals surface area contributed by atoms with Gasteiger partial charge in [-0.15, -0.1) is 0 Å². The van der Waals surface area contributed by atoms with Crippen molar-refractivity contribution in [2.24, 2.45) is 0 Å². The lowest BCUT2D eigenvalue weighted by Crippen LogP contribution is -2.26. The minimum Gasteiger partial charge on any atom is -0.618 e. The van der Waals surface area contributed by atoms with Crippen LogP contribution in [0, 0.1) is 15.3 Å². The van der Waals surface area contributed by atoms with Crippen LogP contribution in [0.25, 0.3) is 10.9 Å². The second kappa shape index (κ2) is 3.36. The first-order chi connectivity index (χ1) is 7.09. The normalized spacial score (nSPS) is 10.5. The standard InChI is InChI=1S/C9H5ClN2O3/c10-6-1-2-8-7(5-6)9(12(14)15)3-4-11(8)13/h1-5H. The van der Waals surface area contributed by atoms with E-state index in [0.717, 1.165) is 12.3 Å². The molecule has 15 heavy (non-hydrogen) atoms. The van der Waals surface area contributed by atoms with Gasteiger partial charge in [0.05, 0.1) is 11.0 Å². The number of halogens is 1. The molecule has 0 unspecified atom stereocenters. The molecule has 0 aliphatic rings. The maximum absolute atomic E-state index is 11.3. The molecule has 0 saturated heterocycles. The quantitative estimate of drug-likeness (QED) is 0.322. The lowest BCUT2D eigenvalue weighted by atomic mass is 10.2. The molecule has 0 fully saturated rings. The number of benzene rings is 1. The summed E-state index contributed by atoms with van der Waals surface area (Å²) in [5.74, 6) is 0. The van der Waals surface area contributed by atoms with Gasteiger partial charge in [-0.3, -0.25) is 10.1 Å². The van der Waals surface area contributed by atoms with Crippen molar-refractivity contribution in [1.82, 2.24) is 0 Å². The van der Waals surface area contributed by atoms with Crippen LogP contribution in [0.15, 0.2) is 30.5 Å². The smallest absolute Gasteiger partial charge is 0.289 e. The molecule has 0 N–H and O–H groups in total. The molecule has 6 heteroatoms. The number of pyridine rings is 1. The SMILES string of the molecule is O=[N+]([O-])c1cc[n+]([O-])c2ccc(Cl)cc12. The highest BCUT2D eigenvalue weighted by Gasteiger charge is 2.17. The van der Waals surface area contributed by atoms with Gasteiger partial charge in [0.1, 0.15) is 5.39 Å². The van der Waals surface area contributed by atoms with E-state index in [-0.39, 0.29) is 16.6 Å². The molecular weight excluding hydrogens is 220 g/mol. The van der Waals surface area contributed by atoms with Gasteiger partial charge in [0.2, 0.25) is 5.52 Å². The summed E-state index contributed by atoms with van der Waals surface area (Å²) in [5.41, 5.74) is 0.105. The minimum absolute atomic E-state index is 0.125. The molecule has 0 atom stereocenters. The van der Waals surface area contributed by atoms with Gasteiger partial charge in [0, 0.05) is 11.1 Å². The van der Waals surface area contributed by atoms with Crippen LogP contribution in [-0.4, -0.2) is 4.92 Å². The van der Waals surface area contributed by atoms with Crippen LogP contribution in [0.1, 0.15) is 0 Å². The molecule has 1 heterocycles. The van der Waals surface area contributed by atoms with Gasteiger partial charge in [-0.2, -0.15) is 4.73 Å². The molecule has 1 aromatic heterocycles. The molecule has 2 rings (SSSR count). The van der Waals surface area contributed by atoms with Gasteiger partial charge >= 0.3 is 0 Å². The Morgan fingerprint density at radius 1 is 1.33 bits per heavy atom. The van der Waals surface area contributed by atoms with E-state index in [1.165, 1.54) is 18.2 Å². The van der Waals surface area contributed by atoms with Crippen molar-refractivity contribution < 1.29 is 9.65 Å². The number of rotatable bonds is 1. The Hall–Kier alpha value is -1.88. The van der Waals surface area contributed by atoms with E-state index in [4.69, 9.17) is 11.6 Å². The molecule has 0 aliphatic carbocycles. The predicted molar refractivity (Wildman–Crippen MR) is 54.6 cm³/mol. The molecule has 2 aromatic rings. The highest BCUT2D eigenvalue weighted by atomic mass is 35.5. The van der Waals surface area contributed by atoms with E-state index in [1.807, 2.05) is 0 Å². The minimum atomic E-state index is -0.543. The first kappa shape index (κ1) is 9.67. The third-order valence-corrected chi connectivity index (χ3v) is 2.27. The lowest BCUT2D eigenvalue weighted by molar-refractivity contribution is -0.577. The summed E-state index contributed by atoms with van der Waals surface area (Å²) in [7, 11) is 0. The van der Waals surface area contributed by atoms with Crippen LogP contribution < -0.4 is 4.73 Å². The summed E-state index contributed by atoms with van der Waals surface area (Å²) in [6.07, 6.45) is 1.11. The Labute approximate surface area is 89.2 Å². The fourth-order valence-electron chi connectivity index (χ4n) is 1.37. The maximum atomic E-state index is 11.3. The van der Waals surface area contributed by atoms with E-state index >= 15 is 0 Å². The van der Waals surface area contributed by atoms with Gasteiger partial charge in [0.15, 0.2) is 6.20 Å². The van der Waals surface area contributed by atoms with E-state index < -0.39 is 4.92 Å². The monoisotopic (exact) mass is 224 g/mol. The third-order valence-electron chi connectivity index (χ3n) is 2.04. The van der Waals surface area contributed by atoms with Crippen molar-refractivity contribution in [3.05, 3.63) is 50.8 Å². The van der Waals surface area contributed by atoms with Crippen molar-refractivity contribution in [2.45, 2.75) is 0 Å². The summed E-state index contributed by atoms with van der Waals surface area (Å²) in [4.78, 5) is 10.1. The summed E-state index contributed by atoms with van der Waals surface area (Å²) in [6.45, 7) is 0. The molecule has 5 nitrogen and oxygen atoms in total. The molecule has 1 aromatic carbocycles. The largest absolute Gasteiger partial charge is 0.618 e. The number of fused-ring (bicyclic) bond motifs is 1. The average molecular weight is 225 g/mol.